The largest absolute Gasteiger partial charge is 0.353 e. The fraction of sp³-hybridized carbons (Fsp3) is 0.348. The minimum atomic E-state index is -0.261. The number of nitrogens with one attached hydrogen (secondary N) is 1. The standard InChI is InChI=1S/C23H28N4OS/c1-16-10-13-21(17(2)14-16)27-15-24-26-23(27)29-19(4)22(28)25-18(3)11-12-20-8-6-5-7-9-20/h5-10,13-15,18-19H,11-12H2,1-4H3,(H,25,28). The molecule has 0 aliphatic carbocycles. The smallest absolute Gasteiger partial charge is 0.233 e. The lowest BCUT2D eigenvalue weighted by Gasteiger charge is -2.18. The molecule has 1 aromatic heterocycles. The molecule has 3 aromatic rings. The highest BCUT2D eigenvalue weighted by atomic mass is 32.2. The molecule has 2 atom stereocenters. The van der Waals surface area contributed by atoms with Crippen LogP contribution in [0.15, 0.2) is 60.0 Å². The van der Waals surface area contributed by atoms with Gasteiger partial charge in [0.2, 0.25) is 5.91 Å². The highest BCUT2D eigenvalue weighted by Gasteiger charge is 2.20. The topological polar surface area (TPSA) is 59.8 Å². The molecule has 0 aliphatic heterocycles. The molecule has 152 valence electrons. The van der Waals surface area contributed by atoms with Crippen molar-refractivity contribution in [3.63, 3.8) is 0 Å². The van der Waals surface area contributed by atoms with Gasteiger partial charge in [-0.05, 0) is 57.7 Å². The van der Waals surface area contributed by atoms with Gasteiger partial charge in [0, 0.05) is 6.04 Å². The number of aromatic nitrogens is 3. The van der Waals surface area contributed by atoms with Crippen LogP contribution in [0.1, 0.15) is 37.0 Å². The first-order valence-electron chi connectivity index (χ1n) is 9.92. The summed E-state index contributed by atoms with van der Waals surface area (Å²) in [5.74, 6) is 0.0192. The van der Waals surface area contributed by atoms with E-state index in [1.165, 1.54) is 22.9 Å². The molecule has 1 heterocycles. The van der Waals surface area contributed by atoms with E-state index < -0.39 is 0 Å². The Balaban J connectivity index is 1.58. The maximum atomic E-state index is 12.7. The first kappa shape index (κ1) is 21.1. The van der Waals surface area contributed by atoms with Crippen molar-refractivity contribution in [2.75, 3.05) is 0 Å². The third-order valence-corrected chi connectivity index (χ3v) is 5.93. The van der Waals surface area contributed by atoms with Crippen LogP contribution >= 0.6 is 11.8 Å². The van der Waals surface area contributed by atoms with Gasteiger partial charge in [-0.15, -0.1) is 10.2 Å². The number of nitrogens with zero attached hydrogens (tertiary/aromatic N) is 3. The van der Waals surface area contributed by atoms with Gasteiger partial charge < -0.3 is 5.32 Å². The van der Waals surface area contributed by atoms with Gasteiger partial charge in [-0.25, -0.2) is 0 Å². The second-order valence-corrected chi connectivity index (χ2v) is 8.78. The number of carbonyl (C=O) groups is 1. The minimum absolute atomic E-state index is 0.0192. The number of amides is 1. The number of hydrogen-bond donors (Lipinski definition) is 1. The van der Waals surface area contributed by atoms with E-state index in [1.54, 1.807) is 6.33 Å². The molecule has 0 radical (unpaired) electrons. The van der Waals surface area contributed by atoms with Crippen LogP contribution < -0.4 is 5.32 Å². The third kappa shape index (κ3) is 5.70. The van der Waals surface area contributed by atoms with Crippen molar-refractivity contribution in [1.82, 2.24) is 20.1 Å². The minimum Gasteiger partial charge on any atom is -0.353 e. The summed E-state index contributed by atoms with van der Waals surface area (Å²) in [6.45, 7) is 8.10. The van der Waals surface area contributed by atoms with Crippen molar-refractivity contribution in [3.05, 3.63) is 71.5 Å². The Bertz CT molecular complexity index is 955. The molecule has 6 heteroatoms. The van der Waals surface area contributed by atoms with E-state index in [0.717, 1.165) is 29.2 Å². The summed E-state index contributed by atoms with van der Waals surface area (Å²) in [5, 5.41) is 11.9. The predicted molar refractivity (Wildman–Crippen MR) is 119 cm³/mol. The van der Waals surface area contributed by atoms with Crippen LogP contribution in [0.2, 0.25) is 0 Å². The SMILES string of the molecule is Cc1ccc(-n2cnnc2SC(C)C(=O)NC(C)CCc2ccccc2)c(C)c1. The molecule has 5 nitrogen and oxygen atoms in total. The first-order valence-corrected chi connectivity index (χ1v) is 10.8. The van der Waals surface area contributed by atoms with E-state index in [9.17, 15) is 4.79 Å². The maximum Gasteiger partial charge on any atom is 0.233 e. The molecule has 0 fully saturated rings. The fourth-order valence-electron chi connectivity index (χ4n) is 3.22. The maximum absolute atomic E-state index is 12.7. The summed E-state index contributed by atoms with van der Waals surface area (Å²) in [6, 6.07) is 16.7. The van der Waals surface area contributed by atoms with Crippen LogP contribution in [0.4, 0.5) is 0 Å². The number of aryl methyl sites for hydroxylation is 3. The van der Waals surface area contributed by atoms with Gasteiger partial charge in [0.05, 0.1) is 10.9 Å². The fourth-order valence-corrected chi connectivity index (χ4v) is 4.06. The van der Waals surface area contributed by atoms with Crippen LogP contribution in [-0.2, 0) is 11.2 Å². The van der Waals surface area contributed by atoms with Crippen molar-refractivity contribution in [2.24, 2.45) is 0 Å². The first-order chi connectivity index (χ1) is 13.9. The molecule has 0 saturated heterocycles. The predicted octanol–water partition coefficient (Wildman–Crippen LogP) is 4.50. The van der Waals surface area contributed by atoms with E-state index >= 15 is 0 Å². The molecule has 3 rings (SSSR count). The highest BCUT2D eigenvalue weighted by Crippen LogP contribution is 2.26. The lowest BCUT2D eigenvalue weighted by Crippen LogP contribution is -2.38. The Hall–Kier alpha value is -2.60. The molecule has 1 N–H and O–H groups in total. The van der Waals surface area contributed by atoms with Gasteiger partial charge >= 0.3 is 0 Å². The van der Waals surface area contributed by atoms with Gasteiger partial charge in [0.25, 0.3) is 0 Å². The molecule has 1 amide bonds. The van der Waals surface area contributed by atoms with Crippen molar-refractivity contribution in [1.29, 1.82) is 0 Å². The average Bonchev–Trinajstić information content (AvgIpc) is 3.15. The third-order valence-electron chi connectivity index (χ3n) is 4.88. The Labute approximate surface area is 176 Å². The second-order valence-electron chi connectivity index (χ2n) is 7.47. The Kier molecular flexibility index (Phi) is 7.09. The monoisotopic (exact) mass is 408 g/mol. The summed E-state index contributed by atoms with van der Waals surface area (Å²) in [7, 11) is 0. The highest BCUT2D eigenvalue weighted by molar-refractivity contribution is 8.00. The van der Waals surface area contributed by atoms with Gasteiger partial charge in [-0.2, -0.15) is 0 Å². The van der Waals surface area contributed by atoms with Gasteiger partial charge in [-0.3, -0.25) is 9.36 Å². The average molecular weight is 409 g/mol. The van der Waals surface area contributed by atoms with E-state index in [0.29, 0.717) is 0 Å². The van der Waals surface area contributed by atoms with Crippen LogP contribution in [0.5, 0.6) is 0 Å². The Morgan fingerprint density at radius 3 is 2.62 bits per heavy atom. The molecular weight excluding hydrogens is 380 g/mol. The molecule has 0 aliphatic rings. The summed E-state index contributed by atoms with van der Waals surface area (Å²) < 4.78 is 1.95. The van der Waals surface area contributed by atoms with Crippen molar-refractivity contribution >= 4 is 17.7 Å². The summed E-state index contributed by atoms with van der Waals surface area (Å²) in [6.07, 6.45) is 3.56. The van der Waals surface area contributed by atoms with Gasteiger partial charge in [0.1, 0.15) is 6.33 Å². The van der Waals surface area contributed by atoms with Gasteiger partial charge in [-0.1, -0.05) is 59.8 Å². The molecular formula is C23H28N4OS. The summed E-state index contributed by atoms with van der Waals surface area (Å²) >= 11 is 1.43. The lowest BCUT2D eigenvalue weighted by atomic mass is 10.1. The molecule has 0 bridgehead atoms. The van der Waals surface area contributed by atoms with Crippen LogP contribution in [0.25, 0.3) is 5.69 Å². The quantitative estimate of drug-likeness (QED) is 0.558. The molecule has 2 aromatic carbocycles. The van der Waals surface area contributed by atoms with E-state index in [-0.39, 0.29) is 17.2 Å². The van der Waals surface area contributed by atoms with Gasteiger partial charge in [0.15, 0.2) is 5.16 Å². The summed E-state index contributed by atoms with van der Waals surface area (Å²) in [5.41, 5.74) is 4.69. The van der Waals surface area contributed by atoms with Crippen LogP contribution in [0.3, 0.4) is 0 Å². The van der Waals surface area contributed by atoms with Crippen molar-refractivity contribution in [2.45, 2.75) is 57.0 Å². The van der Waals surface area contributed by atoms with E-state index in [4.69, 9.17) is 0 Å². The Morgan fingerprint density at radius 1 is 1.14 bits per heavy atom. The number of rotatable bonds is 8. The van der Waals surface area contributed by atoms with E-state index in [2.05, 4.69) is 66.6 Å². The number of benzene rings is 2. The number of thioether (sulfide) groups is 1. The molecule has 0 saturated carbocycles. The zero-order chi connectivity index (χ0) is 20.8. The number of hydrogen-bond acceptors (Lipinski definition) is 4. The van der Waals surface area contributed by atoms with Crippen LogP contribution in [-0.4, -0.2) is 32.0 Å². The second kappa shape index (κ2) is 9.74. The van der Waals surface area contributed by atoms with Crippen LogP contribution in [0, 0.1) is 13.8 Å². The summed E-state index contributed by atoms with van der Waals surface area (Å²) in [4.78, 5) is 12.7. The van der Waals surface area contributed by atoms with Crippen molar-refractivity contribution < 1.29 is 4.79 Å². The zero-order valence-electron chi connectivity index (χ0n) is 17.4. The lowest BCUT2D eigenvalue weighted by molar-refractivity contribution is -0.120. The molecule has 2 unspecified atom stereocenters. The Morgan fingerprint density at radius 2 is 1.90 bits per heavy atom. The van der Waals surface area contributed by atoms with Crippen molar-refractivity contribution in [3.8, 4) is 5.69 Å². The normalized spacial score (nSPS) is 13.1. The van der Waals surface area contributed by atoms with E-state index in [1.807, 2.05) is 29.7 Å². The molecule has 29 heavy (non-hydrogen) atoms. The number of carbonyl (C=O) groups excluding carboxylic acids is 1. The molecule has 0 spiro atoms. The zero-order valence-corrected chi connectivity index (χ0v) is 18.2.